The number of benzene rings is 2. The number of nitrogens with zero attached hydrogens (tertiary/aromatic N) is 4. The number of nitrogen functional groups attached to an aromatic ring is 1. The van der Waals surface area contributed by atoms with E-state index in [4.69, 9.17) is 25.0 Å². The van der Waals surface area contributed by atoms with Crippen LogP contribution in [-0.2, 0) is 82.3 Å². The molecule has 0 spiro atoms. The van der Waals surface area contributed by atoms with Crippen molar-refractivity contribution >= 4 is 103 Å². The molecule has 2 aromatic carbocycles. The molecule has 0 radical (unpaired) electrons. The summed E-state index contributed by atoms with van der Waals surface area (Å²) in [7, 11) is -14.2. The lowest BCUT2D eigenvalue weighted by Crippen LogP contribution is -2.47. The second kappa shape index (κ2) is 30.1. The fraction of sp³-hybridized carbons (Fsp3) is 0.540. The molecule has 30 nitrogen and oxygen atoms in total. The number of allylic oxidation sites excluding steroid dienone is 1. The number of aliphatic hydroxyl groups excluding tert-OH is 1. The molecule has 0 saturated carbocycles. The van der Waals surface area contributed by atoms with Crippen molar-refractivity contribution < 1.29 is 105 Å². The highest BCUT2D eigenvalue weighted by molar-refractivity contribution is 8.77. The van der Waals surface area contributed by atoms with Gasteiger partial charge in [0.15, 0.2) is 18.0 Å². The summed E-state index contributed by atoms with van der Waals surface area (Å²) in [6, 6.07) is 10.2. The van der Waals surface area contributed by atoms with Gasteiger partial charge in [-0.2, -0.15) is 18.2 Å². The normalized spacial score (nSPS) is 22.6. The van der Waals surface area contributed by atoms with Crippen molar-refractivity contribution in [1.29, 1.82) is 0 Å². The Bertz CT molecular complexity index is 4080. The van der Waals surface area contributed by atoms with Crippen molar-refractivity contribution in [2.75, 3.05) is 42.6 Å². The van der Waals surface area contributed by atoms with Crippen LogP contribution < -0.4 is 32.3 Å². The summed E-state index contributed by atoms with van der Waals surface area (Å²) in [5, 5.41) is 38.0. The van der Waals surface area contributed by atoms with Gasteiger partial charge in [0, 0.05) is 88.5 Å². The lowest BCUT2D eigenvalue weighted by Gasteiger charge is -2.42. The van der Waals surface area contributed by atoms with Gasteiger partial charge in [-0.25, -0.2) is 23.3 Å². The van der Waals surface area contributed by atoms with E-state index in [0.29, 0.717) is 17.7 Å². The first-order valence-electron chi connectivity index (χ1n) is 31.7. The van der Waals surface area contributed by atoms with Gasteiger partial charge >= 0.3 is 41.1 Å². The zero-order chi connectivity index (χ0) is 71.8. The maximum atomic E-state index is 14.4. The van der Waals surface area contributed by atoms with Gasteiger partial charge in [0.1, 0.15) is 24.2 Å². The van der Waals surface area contributed by atoms with Crippen molar-refractivity contribution in [2.45, 2.75) is 178 Å². The van der Waals surface area contributed by atoms with Crippen molar-refractivity contribution in [1.82, 2.24) is 25.5 Å². The number of Topliss-reactive ketones (excluding diaryl/α,β-unsaturated/α-hetero) is 1. The first-order chi connectivity index (χ1) is 45.8. The average molecular weight is 1460 g/mol. The number of carboxylic acids is 2. The molecule has 532 valence electrons. The number of hydrogen-bond donors (Lipinski definition) is 11. The van der Waals surface area contributed by atoms with Gasteiger partial charge in [-0.15, -0.1) is 0 Å². The smallest absolute Gasteiger partial charge is 0.481 e. The molecule has 1 fully saturated rings. The van der Waals surface area contributed by atoms with Crippen LogP contribution in [0.4, 0.5) is 17.2 Å². The van der Waals surface area contributed by atoms with E-state index < -0.39 is 125 Å². The zero-order valence-electron chi connectivity index (χ0n) is 55.1. The molecule has 7 heterocycles. The Morgan fingerprint density at radius 3 is 2.35 bits per heavy atom. The Morgan fingerprint density at radius 2 is 1.65 bits per heavy atom. The number of hydrogen-bond acceptors (Lipinski definition) is 21. The molecule has 9 rings (SSSR count). The number of fused-ring (bicyclic) bond motifs is 8. The van der Waals surface area contributed by atoms with Crippen LogP contribution in [0.3, 0.4) is 0 Å². The molecular formula is C63H82N8O22P3S2+. The molecule has 3 amide bonds. The Hall–Kier alpha value is -6.36. The van der Waals surface area contributed by atoms with E-state index in [1.54, 1.807) is 0 Å². The summed E-state index contributed by atoms with van der Waals surface area (Å²) in [5.41, 5.74) is 15.6. The van der Waals surface area contributed by atoms with E-state index in [1.807, 2.05) is 32.0 Å². The van der Waals surface area contributed by atoms with Gasteiger partial charge in [0.05, 0.1) is 67.2 Å². The topological polar surface area (TPSA) is 445 Å². The molecule has 10 atom stereocenters. The van der Waals surface area contributed by atoms with Crippen molar-refractivity contribution in [3.8, 4) is 11.8 Å². The minimum Gasteiger partial charge on any atom is -0.481 e. The van der Waals surface area contributed by atoms with Gasteiger partial charge in [0.2, 0.25) is 23.4 Å². The summed E-state index contributed by atoms with van der Waals surface area (Å²) >= 11 is 0. The van der Waals surface area contributed by atoms with Crippen LogP contribution >= 0.6 is 45.1 Å². The van der Waals surface area contributed by atoms with E-state index in [1.165, 1.54) is 56.6 Å². The number of rotatable bonds is 29. The highest BCUT2D eigenvalue weighted by Gasteiger charge is 2.55. The number of aromatic nitrogens is 2. The van der Waals surface area contributed by atoms with Gasteiger partial charge in [-0.3, -0.25) is 33.1 Å². The maximum Gasteiger partial charge on any atom is 0.490 e. The van der Waals surface area contributed by atoms with Crippen molar-refractivity contribution in [3.63, 3.8) is 0 Å². The number of phosphoric ester groups is 1. The number of carboxylic acid groups (broad SMARTS) is 2. The largest absolute Gasteiger partial charge is 0.490 e. The van der Waals surface area contributed by atoms with E-state index >= 15 is 0 Å². The summed E-state index contributed by atoms with van der Waals surface area (Å²) in [6.07, 6.45) is -0.507. The Morgan fingerprint density at radius 1 is 0.918 bits per heavy atom. The number of phosphoric acid groups is 3. The number of anilines is 2. The molecule has 6 aliphatic rings. The molecule has 6 aliphatic heterocycles. The molecule has 12 N–H and O–H groups in total. The van der Waals surface area contributed by atoms with Crippen LogP contribution in [0, 0.1) is 24.7 Å². The Labute approximate surface area is 572 Å². The minimum atomic E-state index is -5.82. The van der Waals surface area contributed by atoms with E-state index in [0.717, 1.165) is 59.2 Å². The highest BCUT2D eigenvalue weighted by atomic mass is 33.1. The lowest BCUT2D eigenvalue weighted by molar-refractivity contribution is -0.445. The van der Waals surface area contributed by atoms with Crippen LogP contribution in [0.15, 0.2) is 70.3 Å². The zero-order valence-corrected chi connectivity index (χ0v) is 59.4. The molecule has 1 saturated heterocycles. The number of aryl methyl sites for hydroxylation is 1. The van der Waals surface area contributed by atoms with Crippen LogP contribution in [0.5, 0.6) is 0 Å². The third-order valence-electron chi connectivity index (χ3n) is 18.0. The summed E-state index contributed by atoms with van der Waals surface area (Å²) in [5.74, 6) is -1.16. The molecule has 10 unspecified atom stereocenters. The van der Waals surface area contributed by atoms with Crippen LogP contribution in [0.2, 0.25) is 0 Å². The summed E-state index contributed by atoms with van der Waals surface area (Å²) < 4.78 is 62.1. The number of aliphatic carboxylic acids is 2. The van der Waals surface area contributed by atoms with Crippen LogP contribution in [0.25, 0.3) is 0 Å². The third kappa shape index (κ3) is 17.8. The van der Waals surface area contributed by atoms with Gasteiger partial charge in [-0.1, -0.05) is 78.0 Å². The van der Waals surface area contributed by atoms with E-state index in [-0.39, 0.29) is 73.6 Å². The first-order valence-corrected chi connectivity index (χ1v) is 38.5. The fourth-order valence-electron chi connectivity index (χ4n) is 13.3. The molecule has 0 bridgehead atoms. The summed E-state index contributed by atoms with van der Waals surface area (Å²) in [6.45, 7) is 16.9. The fourth-order valence-corrected chi connectivity index (χ4v) is 18.9. The van der Waals surface area contributed by atoms with E-state index in [9.17, 15) is 72.4 Å². The van der Waals surface area contributed by atoms with Crippen molar-refractivity contribution in [3.05, 3.63) is 104 Å². The number of ether oxygens (including phenoxy) is 2. The van der Waals surface area contributed by atoms with Gasteiger partial charge < -0.3 is 71.0 Å². The quantitative estimate of drug-likeness (QED) is 0.0132. The highest BCUT2D eigenvalue weighted by Crippen LogP contribution is 2.66. The third-order valence-corrected chi connectivity index (χ3v) is 25.1. The number of nitrogens with one attached hydrogen (secondary N) is 3. The first kappa shape index (κ1) is 75.8. The van der Waals surface area contributed by atoms with Gasteiger partial charge in [0.25, 0.3) is 0 Å². The van der Waals surface area contributed by atoms with E-state index in [2.05, 4.69) is 114 Å². The Kier molecular flexibility index (Phi) is 23.3. The second-order valence-electron chi connectivity index (χ2n) is 26.5. The molecule has 3 aromatic rings. The number of amides is 3. The number of nitrogens with two attached hydrogens (primary N) is 1. The van der Waals surface area contributed by atoms with Crippen LogP contribution in [0.1, 0.15) is 140 Å². The lowest BCUT2D eigenvalue weighted by atomic mass is 9.73. The molecular weight excluding hydrogens is 1380 g/mol. The molecule has 35 heteroatoms. The van der Waals surface area contributed by atoms with Gasteiger partial charge in [-0.05, 0) is 89.6 Å². The average Bonchev–Trinajstić information content (AvgIpc) is 1.54. The monoisotopic (exact) mass is 1460 g/mol. The molecule has 1 aromatic heterocycles. The predicted molar refractivity (Wildman–Crippen MR) is 360 cm³/mol. The predicted octanol–water partition coefficient (Wildman–Crippen LogP) is 5.61. The number of carbonyl (C=O) groups is 6. The standard InChI is InChI=1S/C63H81N8O22P3S2/c1-9-42(59(79)80)67-58(78)37(29-54(76)77)28-46(72)43(66-52(75)27-35-13-15-45-41(26-35)63(7,8)56-39-30-38-48(90-49(39)18-23-70(45)56)17-22-69-44-14-12-34(2)25-40(44)62(5,6)55(38)69)16-20-61(3,4)98-97-24-19-51(74)65-21-10-11-36-32-71(60(81)68-57(36)64)53-31-47(73)50(91-53)33-89-95(85,86)93-96(87,88)92-94(82,83)84/h12-15,25-26,30,32,37,42-43,47-50,53,73H,9,16-24,27-29,31,33H2,1-8H3,(H10-,64,65,66,67,68,74,75,76,77,78,79,80,81,82,83,84,85,86,87,88)/p+1. The van der Waals surface area contributed by atoms with Crippen molar-refractivity contribution in [2.24, 2.45) is 5.92 Å². The number of carbonyl (C=O) groups excluding carboxylic acids is 4. The van der Waals surface area contributed by atoms with Crippen LogP contribution in [-0.4, -0.2) is 163 Å². The summed E-state index contributed by atoms with van der Waals surface area (Å²) in [4.78, 5) is 135. The SMILES string of the molecule is CCC(NC(=O)C(CC(=O)O)CC(=O)C(CCC(C)(C)SSCCC(=O)NCC#Cc1cn(C2CC(O)C(COP(=O)(O)OP(=O)(O)OP(=O)(O)O)O2)c(=O)nc1N)NC(=O)Cc1ccc2c(c1)C(C)(C)C1=[N+]2CCC2OC3CCN4C(=C3C=C12)C(C)(C)c1cc(C)ccc14)C(=O)O. The molecule has 0 aliphatic carbocycles. The Balaban J connectivity index is 0.812. The maximum absolute atomic E-state index is 14.4. The molecule has 98 heavy (non-hydrogen) atoms. The minimum absolute atomic E-state index is 0.00244. The number of ketones is 1. The second-order valence-corrected chi connectivity index (χ2v) is 34.1. The number of aliphatic hydroxyl groups is 1.